The van der Waals surface area contributed by atoms with Crippen molar-refractivity contribution in [3.8, 4) is 5.75 Å². The molecule has 7 nitrogen and oxygen atoms in total. The number of benzene rings is 2. The summed E-state index contributed by atoms with van der Waals surface area (Å²) in [5, 5.41) is 3.03. The van der Waals surface area contributed by atoms with Gasteiger partial charge in [0.25, 0.3) is 11.8 Å². The topological polar surface area (TPSA) is 93.2 Å². The van der Waals surface area contributed by atoms with E-state index in [-0.39, 0.29) is 5.91 Å². The molecule has 1 fully saturated rings. The molecule has 1 aliphatic rings. The van der Waals surface area contributed by atoms with Gasteiger partial charge in [-0.3, -0.25) is 20.4 Å². The summed E-state index contributed by atoms with van der Waals surface area (Å²) in [4.78, 5) is 35.9. The third-order valence-corrected chi connectivity index (χ3v) is 7.02. The Balaban J connectivity index is 1.25. The number of nitrogens with one attached hydrogen (secondary N) is 2. The van der Waals surface area contributed by atoms with Crippen molar-refractivity contribution in [1.82, 2.24) is 20.8 Å². The first kappa shape index (κ1) is 21.3. The quantitative estimate of drug-likeness (QED) is 0.426. The summed E-state index contributed by atoms with van der Waals surface area (Å²) in [6.07, 6.45) is 1.45. The Bertz CT molecular complexity index is 1390. The molecule has 5 rings (SSSR count). The highest BCUT2D eigenvalue weighted by molar-refractivity contribution is 7.20. The average Bonchev–Trinajstić information content (AvgIpc) is 3.60. The number of fused-ring (bicyclic) bond motifs is 2. The molecule has 168 valence electrons. The van der Waals surface area contributed by atoms with E-state index in [1.54, 1.807) is 6.92 Å². The summed E-state index contributed by atoms with van der Waals surface area (Å²) in [7, 11) is 0. The largest absolute Gasteiger partial charge is 0.481 e. The Labute approximate surface area is 195 Å². The van der Waals surface area contributed by atoms with Crippen molar-refractivity contribution < 1.29 is 14.3 Å². The molecular formula is C25H24N4O3S. The van der Waals surface area contributed by atoms with Crippen LogP contribution in [0.25, 0.3) is 21.0 Å². The third-order valence-electron chi connectivity index (χ3n) is 5.84. The molecule has 8 heteroatoms. The summed E-state index contributed by atoms with van der Waals surface area (Å²) in [5.74, 6) is 1.07. The number of rotatable bonds is 5. The predicted molar refractivity (Wildman–Crippen MR) is 129 cm³/mol. The molecule has 2 N–H and O–H groups in total. The number of aryl methyl sites for hydroxylation is 2. The molecule has 2 amide bonds. The molecule has 2 heterocycles. The fraction of sp³-hybridized carbons (Fsp3) is 0.280. The number of carbonyl (C=O) groups excluding carboxylic acids is 2. The average molecular weight is 461 g/mol. The van der Waals surface area contributed by atoms with Gasteiger partial charge >= 0.3 is 0 Å². The molecule has 0 saturated heterocycles. The van der Waals surface area contributed by atoms with Crippen LogP contribution in [0, 0.1) is 13.8 Å². The summed E-state index contributed by atoms with van der Waals surface area (Å²) in [6.45, 7) is 5.47. The fourth-order valence-corrected chi connectivity index (χ4v) is 5.01. The molecule has 2 aromatic carbocycles. The minimum absolute atomic E-state index is 0.380. The minimum Gasteiger partial charge on any atom is -0.481 e. The molecule has 0 bridgehead atoms. The normalized spacial score (nSPS) is 14.3. The van der Waals surface area contributed by atoms with Crippen molar-refractivity contribution in [3.63, 3.8) is 0 Å². The lowest BCUT2D eigenvalue weighted by Gasteiger charge is -2.15. The zero-order valence-corrected chi connectivity index (χ0v) is 19.5. The van der Waals surface area contributed by atoms with Gasteiger partial charge in [-0.2, -0.15) is 0 Å². The SMILES string of the molecule is Cc1nc(C2CC2)nc2sc(C(=O)NNC(=O)[C@H](C)Oc3ccc4ccccc4c3)c(C)c12. The minimum atomic E-state index is -0.788. The lowest BCUT2D eigenvalue weighted by Crippen LogP contribution is -2.47. The van der Waals surface area contributed by atoms with Crippen LogP contribution in [-0.4, -0.2) is 27.9 Å². The zero-order valence-electron chi connectivity index (χ0n) is 18.6. The number of ether oxygens (including phenoxy) is 1. The molecule has 33 heavy (non-hydrogen) atoms. The van der Waals surface area contributed by atoms with Crippen LogP contribution in [-0.2, 0) is 4.79 Å². The number of aromatic nitrogens is 2. The van der Waals surface area contributed by atoms with Crippen molar-refractivity contribution >= 4 is 44.1 Å². The van der Waals surface area contributed by atoms with E-state index in [1.165, 1.54) is 11.3 Å². The van der Waals surface area contributed by atoms with Gasteiger partial charge in [0, 0.05) is 11.3 Å². The van der Waals surface area contributed by atoms with Crippen LogP contribution in [0.4, 0.5) is 0 Å². The highest BCUT2D eigenvalue weighted by Gasteiger charge is 2.28. The Hall–Kier alpha value is -3.52. The lowest BCUT2D eigenvalue weighted by molar-refractivity contribution is -0.128. The Morgan fingerprint density at radius 3 is 2.58 bits per heavy atom. The maximum Gasteiger partial charge on any atom is 0.280 e. The van der Waals surface area contributed by atoms with Crippen LogP contribution in [0.1, 0.15) is 52.4 Å². The highest BCUT2D eigenvalue weighted by Crippen LogP contribution is 2.40. The number of thiophene rings is 1. The standard InChI is InChI=1S/C25H24N4O3S/c1-13-20-14(2)26-22(17-8-9-17)27-25(20)33-21(13)24(31)29-28-23(30)15(3)32-19-11-10-16-6-4-5-7-18(16)12-19/h4-7,10-12,15,17H,8-9H2,1-3H3,(H,28,30)(H,29,31)/t15-/m0/s1. The van der Waals surface area contributed by atoms with E-state index < -0.39 is 12.0 Å². The first-order valence-corrected chi connectivity index (χ1v) is 11.8. The van der Waals surface area contributed by atoms with Crippen LogP contribution in [0.15, 0.2) is 42.5 Å². The molecule has 1 aliphatic carbocycles. The fourth-order valence-electron chi connectivity index (χ4n) is 3.88. The summed E-state index contributed by atoms with van der Waals surface area (Å²) in [6, 6.07) is 13.6. The molecule has 0 aliphatic heterocycles. The second-order valence-electron chi connectivity index (χ2n) is 8.39. The van der Waals surface area contributed by atoms with Gasteiger partial charge < -0.3 is 4.74 Å². The van der Waals surface area contributed by atoms with Crippen LogP contribution in [0.5, 0.6) is 5.75 Å². The maximum atomic E-state index is 12.8. The van der Waals surface area contributed by atoms with E-state index >= 15 is 0 Å². The molecule has 0 unspecified atom stereocenters. The van der Waals surface area contributed by atoms with E-state index in [0.717, 1.165) is 50.9 Å². The van der Waals surface area contributed by atoms with Gasteiger partial charge in [0.05, 0.1) is 10.6 Å². The predicted octanol–water partition coefficient (Wildman–Crippen LogP) is 4.57. The molecule has 1 atom stereocenters. The number of hydrogen-bond donors (Lipinski definition) is 2. The van der Waals surface area contributed by atoms with Crippen molar-refractivity contribution in [3.05, 3.63) is 64.4 Å². The summed E-state index contributed by atoms with van der Waals surface area (Å²) < 4.78 is 5.77. The number of hydrogen-bond acceptors (Lipinski definition) is 6. The number of hydrazine groups is 1. The van der Waals surface area contributed by atoms with E-state index in [9.17, 15) is 9.59 Å². The van der Waals surface area contributed by atoms with Crippen LogP contribution >= 0.6 is 11.3 Å². The second-order valence-corrected chi connectivity index (χ2v) is 9.39. The van der Waals surface area contributed by atoms with E-state index in [0.29, 0.717) is 16.5 Å². The van der Waals surface area contributed by atoms with Gasteiger partial charge in [0.2, 0.25) is 0 Å². The first-order valence-electron chi connectivity index (χ1n) is 10.9. The monoisotopic (exact) mass is 460 g/mol. The van der Waals surface area contributed by atoms with Crippen LogP contribution in [0.2, 0.25) is 0 Å². The zero-order chi connectivity index (χ0) is 23.1. The molecule has 2 aromatic heterocycles. The van der Waals surface area contributed by atoms with Crippen molar-refractivity contribution in [1.29, 1.82) is 0 Å². The lowest BCUT2D eigenvalue weighted by atomic mass is 10.1. The van der Waals surface area contributed by atoms with Crippen molar-refractivity contribution in [2.24, 2.45) is 0 Å². The molecule has 1 saturated carbocycles. The second kappa shape index (κ2) is 8.44. The van der Waals surface area contributed by atoms with E-state index in [2.05, 4.69) is 20.8 Å². The molecule has 0 radical (unpaired) electrons. The Kier molecular flexibility index (Phi) is 5.46. The maximum absolute atomic E-state index is 12.8. The summed E-state index contributed by atoms with van der Waals surface area (Å²) in [5.41, 5.74) is 6.69. The van der Waals surface area contributed by atoms with Gasteiger partial charge in [-0.15, -0.1) is 11.3 Å². The van der Waals surface area contributed by atoms with E-state index in [1.807, 2.05) is 56.3 Å². The highest BCUT2D eigenvalue weighted by atomic mass is 32.1. The summed E-state index contributed by atoms with van der Waals surface area (Å²) >= 11 is 1.32. The number of nitrogens with zero attached hydrogens (tertiary/aromatic N) is 2. The van der Waals surface area contributed by atoms with Gasteiger partial charge in [-0.25, -0.2) is 9.97 Å². The van der Waals surface area contributed by atoms with Crippen molar-refractivity contribution in [2.45, 2.75) is 45.6 Å². The van der Waals surface area contributed by atoms with Crippen LogP contribution < -0.4 is 15.6 Å². The smallest absolute Gasteiger partial charge is 0.280 e. The molecular weight excluding hydrogens is 436 g/mol. The first-order chi connectivity index (χ1) is 15.9. The van der Waals surface area contributed by atoms with Gasteiger partial charge in [-0.1, -0.05) is 30.3 Å². The third kappa shape index (κ3) is 4.26. The van der Waals surface area contributed by atoms with Gasteiger partial charge in [-0.05, 0) is 62.1 Å². The van der Waals surface area contributed by atoms with Gasteiger partial charge in [0.15, 0.2) is 6.10 Å². The molecule has 0 spiro atoms. The van der Waals surface area contributed by atoms with Gasteiger partial charge in [0.1, 0.15) is 16.4 Å². The Morgan fingerprint density at radius 1 is 1.06 bits per heavy atom. The Morgan fingerprint density at radius 2 is 1.82 bits per heavy atom. The number of carbonyl (C=O) groups is 2. The molecule has 4 aromatic rings. The van der Waals surface area contributed by atoms with E-state index in [4.69, 9.17) is 4.74 Å². The van der Waals surface area contributed by atoms with Crippen LogP contribution in [0.3, 0.4) is 0 Å². The number of amides is 2. The van der Waals surface area contributed by atoms with Crippen molar-refractivity contribution in [2.75, 3.05) is 0 Å².